The summed E-state index contributed by atoms with van der Waals surface area (Å²) >= 11 is 0. The lowest BCUT2D eigenvalue weighted by atomic mass is 10.2. The van der Waals surface area contributed by atoms with Gasteiger partial charge >= 0.3 is 5.66 Å². The second-order valence-electron chi connectivity index (χ2n) is 6.12. The predicted octanol–water partition coefficient (Wildman–Crippen LogP) is 1.54. The fourth-order valence-electron chi connectivity index (χ4n) is 2.29. The van der Waals surface area contributed by atoms with E-state index in [9.17, 15) is 27.3 Å². The third-order valence-electron chi connectivity index (χ3n) is 3.98. The Morgan fingerprint density at radius 1 is 0.727 bits per heavy atom. The molecule has 0 N–H and O–H groups in total. The van der Waals surface area contributed by atoms with Crippen LogP contribution in [0.4, 0.5) is 0 Å². The average Bonchev–Trinajstić information content (AvgIpc) is 2.81. The normalized spacial score (nSPS) is 13.5. The summed E-state index contributed by atoms with van der Waals surface area (Å²) in [4.78, 5) is 7.24. The van der Waals surface area contributed by atoms with Crippen molar-refractivity contribution in [3.05, 3.63) is 71.1 Å². The molecule has 16 heteroatoms. The number of hydrogen-bond donors (Lipinski definition) is 0. The molecule has 0 aliphatic rings. The number of hydroxylamine groups is 2. The Morgan fingerprint density at radius 2 is 1.06 bits per heavy atom. The molecule has 0 amide bonds. The van der Waals surface area contributed by atoms with Crippen molar-refractivity contribution in [3.8, 4) is 0 Å². The van der Waals surface area contributed by atoms with E-state index in [-0.39, 0.29) is 9.79 Å². The highest BCUT2D eigenvalue weighted by Gasteiger charge is 2.57. The van der Waals surface area contributed by atoms with Gasteiger partial charge in [0.1, 0.15) is 14.2 Å². The highest BCUT2D eigenvalue weighted by molar-refractivity contribution is 7.87. The second-order valence-corrected chi connectivity index (χ2v) is 9.35. The highest BCUT2D eigenvalue weighted by Crippen LogP contribution is 2.22. The van der Waals surface area contributed by atoms with Crippen molar-refractivity contribution in [2.75, 3.05) is 27.4 Å². The van der Waals surface area contributed by atoms with Crippen molar-refractivity contribution >= 4 is 20.2 Å². The zero-order chi connectivity index (χ0) is 24.5. The van der Waals surface area contributed by atoms with Gasteiger partial charge in [-0.1, -0.05) is 36.4 Å². The van der Waals surface area contributed by atoms with Crippen molar-refractivity contribution in [2.24, 2.45) is 10.6 Å². The maximum absolute atomic E-state index is 12.6. The summed E-state index contributed by atoms with van der Waals surface area (Å²) in [5.74, 6) is 0. The van der Waals surface area contributed by atoms with Crippen LogP contribution in [0.15, 0.2) is 81.0 Å². The van der Waals surface area contributed by atoms with Gasteiger partial charge < -0.3 is 20.1 Å². The quantitative estimate of drug-likeness (QED) is 0.135. The van der Waals surface area contributed by atoms with E-state index >= 15 is 0 Å². The minimum atomic E-state index is -4.50. The van der Waals surface area contributed by atoms with Crippen LogP contribution in [0, 0.1) is 10.4 Å². The Bertz CT molecular complexity index is 1090. The molecular weight excluding hydrogens is 484 g/mol. The van der Waals surface area contributed by atoms with E-state index in [1.165, 1.54) is 48.5 Å². The van der Waals surface area contributed by atoms with E-state index in [2.05, 4.69) is 20.2 Å². The molecule has 0 bridgehead atoms. The number of benzene rings is 2. The lowest BCUT2D eigenvalue weighted by Gasteiger charge is -2.23. The lowest BCUT2D eigenvalue weighted by molar-refractivity contribution is -0.847. The molecule has 0 unspecified atom stereocenters. The monoisotopic (exact) mass is 504 g/mol. The first-order chi connectivity index (χ1) is 15.6. The molecule has 0 aliphatic heterocycles. The first-order valence-corrected chi connectivity index (χ1v) is 11.7. The van der Waals surface area contributed by atoms with Gasteiger partial charge in [0.05, 0.1) is 9.79 Å². The third kappa shape index (κ3) is 6.35. The molecule has 0 saturated carbocycles. The molecule has 0 spiro atoms. The standard InChI is InChI=1S/C17H20N4O10S2/c1-28-18-20(22)17(21(23)19-29-2,13-30-32(24,25)15-9-5-3-6-10-15)14-31-33(26,27)16-11-7-4-8-12-16/h3-12H,13-14H2,1-2H3/b20-18+,21-19+. The van der Waals surface area contributed by atoms with Gasteiger partial charge in [-0.2, -0.15) is 16.8 Å². The maximum Gasteiger partial charge on any atom is 0.472 e. The van der Waals surface area contributed by atoms with E-state index in [1.54, 1.807) is 12.1 Å². The zero-order valence-electron chi connectivity index (χ0n) is 17.4. The van der Waals surface area contributed by atoms with Crippen molar-refractivity contribution in [2.45, 2.75) is 15.5 Å². The summed E-state index contributed by atoms with van der Waals surface area (Å²) in [5.41, 5.74) is -2.84. The van der Waals surface area contributed by atoms with Gasteiger partial charge in [0.2, 0.25) is 23.8 Å². The van der Waals surface area contributed by atoms with Gasteiger partial charge in [0, 0.05) is 9.72 Å². The zero-order valence-corrected chi connectivity index (χ0v) is 19.0. The molecule has 0 saturated heterocycles. The van der Waals surface area contributed by atoms with Crippen molar-refractivity contribution in [1.82, 2.24) is 0 Å². The smallest absolute Gasteiger partial charge is 0.472 e. The summed E-state index contributed by atoms with van der Waals surface area (Å²) in [7, 11) is -7.08. The minimum absolute atomic E-state index is 0.293. The molecule has 0 aromatic heterocycles. The fraction of sp³-hybridized carbons (Fsp3) is 0.294. The summed E-state index contributed by atoms with van der Waals surface area (Å²) in [6, 6.07) is 13.6. The Balaban J connectivity index is 2.47. The lowest BCUT2D eigenvalue weighted by Crippen LogP contribution is -2.55. The Morgan fingerprint density at radius 3 is 1.36 bits per heavy atom. The van der Waals surface area contributed by atoms with Crippen LogP contribution >= 0.6 is 0 Å². The molecular formula is C17H20N4O10S2. The Kier molecular flexibility index (Phi) is 8.63. The van der Waals surface area contributed by atoms with E-state index in [4.69, 9.17) is 8.37 Å². The molecule has 2 aromatic carbocycles. The van der Waals surface area contributed by atoms with Crippen LogP contribution in [0.1, 0.15) is 0 Å². The van der Waals surface area contributed by atoms with Gasteiger partial charge in [-0.3, -0.25) is 8.37 Å². The molecule has 180 valence electrons. The van der Waals surface area contributed by atoms with Crippen molar-refractivity contribution < 1.29 is 44.6 Å². The maximum atomic E-state index is 12.6. The van der Waals surface area contributed by atoms with Crippen LogP contribution < -0.4 is 0 Å². The topological polar surface area (TPSA) is 182 Å². The minimum Gasteiger partial charge on any atom is -0.592 e. The van der Waals surface area contributed by atoms with Crippen molar-refractivity contribution in [1.29, 1.82) is 0 Å². The van der Waals surface area contributed by atoms with E-state index < -0.39 is 48.8 Å². The van der Waals surface area contributed by atoms with Crippen LogP contribution in [-0.2, 0) is 38.3 Å². The van der Waals surface area contributed by atoms with Crippen LogP contribution in [0.5, 0.6) is 0 Å². The first-order valence-electron chi connectivity index (χ1n) is 8.91. The number of hydrogen-bond acceptors (Lipinski definition) is 12. The van der Waals surface area contributed by atoms with Gasteiger partial charge in [0.15, 0.2) is 0 Å². The molecule has 0 radical (unpaired) electrons. The summed E-state index contributed by atoms with van der Waals surface area (Å²) in [5, 5.41) is 31.2. The molecule has 0 fully saturated rings. The van der Waals surface area contributed by atoms with Gasteiger partial charge in [-0.05, 0) is 24.3 Å². The SMILES string of the molecule is CO/N=[N+](/[O-])C(COS(=O)(=O)c1ccccc1)(COS(=O)(=O)c1ccccc1)/[N+]([O-])=N\OC. The van der Waals surface area contributed by atoms with Gasteiger partial charge in [-0.15, -0.1) is 0 Å². The van der Waals surface area contributed by atoms with Crippen LogP contribution in [0.3, 0.4) is 0 Å². The summed E-state index contributed by atoms with van der Waals surface area (Å²) in [6.07, 6.45) is 0. The molecule has 2 rings (SSSR count). The third-order valence-corrected chi connectivity index (χ3v) is 6.53. The van der Waals surface area contributed by atoms with E-state index in [0.717, 1.165) is 14.2 Å². The molecule has 33 heavy (non-hydrogen) atoms. The van der Waals surface area contributed by atoms with E-state index in [1.807, 2.05) is 0 Å². The molecule has 0 heterocycles. The van der Waals surface area contributed by atoms with Crippen LogP contribution in [0.25, 0.3) is 0 Å². The Labute approximate surface area is 189 Å². The van der Waals surface area contributed by atoms with E-state index in [0.29, 0.717) is 0 Å². The molecule has 14 nitrogen and oxygen atoms in total. The van der Waals surface area contributed by atoms with Gasteiger partial charge in [-0.25, -0.2) is 0 Å². The van der Waals surface area contributed by atoms with Crippen molar-refractivity contribution in [3.63, 3.8) is 0 Å². The number of nitrogens with zero attached hydrogens (tertiary/aromatic N) is 4. The van der Waals surface area contributed by atoms with Crippen LogP contribution in [0.2, 0.25) is 0 Å². The summed E-state index contributed by atoms with van der Waals surface area (Å²) in [6.45, 7) is -2.55. The number of rotatable bonds is 12. The summed E-state index contributed by atoms with van der Waals surface area (Å²) < 4.78 is 59.8. The molecule has 0 aliphatic carbocycles. The Hall–Kier alpha value is -3.34. The molecule has 2 aromatic rings. The largest absolute Gasteiger partial charge is 0.592 e. The van der Waals surface area contributed by atoms with Gasteiger partial charge in [0.25, 0.3) is 20.2 Å². The van der Waals surface area contributed by atoms with Crippen LogP contribution in [-0.4, -0.2) is 59.7 Å². The second kappa shape index (κ2) is 11.0. The predicted molar refractivity (Wildman–Crippen MR) is 108 cm³/mol. The molecule has 0 atom stereocenters. The fourth-order valence-corrected chi connectivity index (χ4v) is 4.23. The highest BCUT2D eigenvalue weighted by atomic mass is 32.2. The average molecular weight is 504 g/mol. The first kappa shape index (κ1) is 25.9.